The number of amides is 1. The minimum absolute atomic E-state index is 0.0664. The molecule has 2 N–H and O–H groups in total. The fraction of sp³-hybridized carbons (Fsp3) is 0.889. The third kappa shape index (κ3) is 3.74. The zero-order chi connectivity index (χ0) is 9.68. The van der Waals surface area contributed by atoms with Crippen molar-refractivity contribution < 1.29 is 14.6 Å². The fourth-order valence-electron chi connectivity index (χ4n) is 1.37. The number of hydrogen-bond donors (Lipinski definition) is 2. The average Bonchev–Trinajstić information content (AvgIpc) is 2.07. The lowest BCUT2D eigenvalue weighted by atomic mass is 9.82. The first-order valence-corrected chi connectivity index (χ1v) is 4.75. The highest BCUT2D eigenvalue weighted by Crippen LogP contribution is 2.25. The maximum atomic E-state index is 11.0. The van der Waals surface area contributed by atoms with Crippen LogP contribution in [0.4, 0.5) is 0 Å². The molecule has 0 aromatic heterocycles. The van der Waals surface area contributed by atoms with Crippen molar-refractivity contribution in [3.8, 4) is 0 Å². The number of aliphatic hydroxyl groups is 1. The van der Waals surface area contributed by atoms with Crippen molar-refractivity contribution in [2.75, 3.05) is 19.8 Å². The van der Waals surface area contributed by atoms with Gasteiger partial charge in [0.1, 0.15) is 6.61 Å². The molecule has 0 unspecified atom stereocenters. The fourth-order valence-corrected chi connectivity index (χ4v) is 1.37. The Morgan fingerprint density at radius 1 is 1.62 bits per heavy atom. The van der Waals surface area contributed by atoms with Crippen LogP contribution >= 0.6 is 0 Å². The smallest absolute Gasteiger partial charge is 0.246 e. The van der Waals surface area contributed by atoms with E-state index in [1.54, 1.807) is 0 Å². The first-order chi connectivity index (χ1) is 6.22. The molecule has 1 rings (SSSR count). The third-order valence-corrected chi connectivity index (χ3v) is 2.24. The Bertz CT molecular complexity index is 166. The largest absolute Gasteiger partial charge is 0.393 e. The Morgan fingerprint density at radius 3 is 2.85 bits per heavy atom. The van der Waals surface area contributed by atoms with Crippen LogP contribution in [-0.2, 0) is 9.53 Å². The van der Waals surface area contributed by atoms with E-state index < -0.39 is 0 Å². The quantitative estimate of drug-likeness (QED) is 0.632. The van der Waals surface area contributed by atoms with Crippen LogP contribution in [0.1, 0.15) is 19.8 Å². The summed E-state index contributed by atoms with van der Waals surface area (Å²) in [6.45, 7) is 3.24. The van der Waals surface area contributed by atoms with E-state index in [1.807, 2.05) is 6.92 Å². The summed E-state index contributed by atoms with van der Waals surface area (Å²) >= 11 is 0. The molecule has 4 heteroatoms. The predicted molar refractivity (Wildman–Crippen MR) is 48.2 cm³/mol. The van der Waals surface area contributed by atoms with Crippen molar-refractivity contribution >= 4 is 5.91 Å². The van der Waals surface area contributed by atoms with Crippen molar-refractivity contribution in [3.63, 3.8) is 0 Å². The molecule has 1 aliphatic carbocycles. The zero-order valence-corrected chi connectivity index (χ0v) is 7.95. The SMILES string of the molecule is CCOCC(=O)NCC1CC(O)C1. The second kappa shape index (κ2) is 5.19. The molecule has 1 fully saturated rings. The number of ether oxygens (including phenoxy) is 1. The van der Waals surface area contributed by atoms with Crippen LogP contribution in [0.2, 0.25) is 0 Å². The van der Waals surface area contributed by atoms with Gasteiger partial charge in [0.15, 0.2) is 0 Å². The summed E-state index contributed by atoms with van der Waals surface area (Å²) in [7, 11) is 0. The molecule has 0 aromatic carbocycles. The lowest BCUT2D eigenvalue weighted by Gasteiger charge is -2.31. The summed E-state index contributed by atoms with van der Waals surface area (Å²) in [5, 5.41) is 11.8. The van der Waals surface area contributed by atoms with Gasteiger partial charge in [-0.15, -0.1) is 0 Å². The molecule has 0 aliphatic heterocycles. The minimum Gasteiger partial charge on any atom is -0.393 e. The Kier molecular flexibility index (Phi) is 4.18. The molecule has 4 nitrogen and oxygen atoms in total. The zero-order valence-electron chi connectivity index (χ0n) is 7.95. The molecule has 0 radical (unpaired) electrons. The normalized spacial score (nSPS) is 26.6. The molecule has 0 atom stereocenters. The summed E-state index contributed by atoms with van der Waals surface area (Å²) in [5.41, 5.74) is 0. The van der Waals surface area contributed by atoms with Gasteiger partial charge in [0.25, 0.3) is 0 Å². The highest BCUT2D eigenvalue weighted by atomic mass is 16.5. The number of carbonyl (C=O) groups excluding carboxylic acids is 1. The Labute approximate surface area is 78.3 Å². The van der Waals surface area contributed by atoms with E-state index in [-0.39, 0.29) is 18.6 Å². The number of hydrogen-bond acceptors (Lipinski definition) is 3. The second-order valence-electron chi connectivity index (χ2n) is 3.43. The predicted octanol–water partition coefficient (Wildman–Crippen LogP) is -0.0900. The molecule has 0 saturated heterocycles. The van der Waals surface area contributed by atoms with E-state index >= 15 is 0 Å². The average molecular weight is 187 g/mol. The van der Waals surface area contributed by atoms with E-state index in [0.717, 1.165) is 12.8 Å². The van der Waals surface area contributed by atoms with Gasteiger partial charge in [-0.2, -0.15) is 0 Å². The molecule has 1 aliphatic rings. The van der Waals surface area contributed by atoms with Gasteiger partial charge in [0.05, 0.1) is 6.10 Å². The van der Waals surface area contributed by atoms with Gasteiger partial charge in [-0.3, -0.25) is 4.79 Å². The Hall–Kier alpha value is -0.610. The van der Waals surface area contributed by atoms with Gasteiger partial charge in [0.2, 0.25) is 5.91 Å². The van der Waals surface area contributed by atoms with E-state index in [9.17, 15) is 4.79 Å². The highest BCUT2D eigenvalue weighted by Gasteiger charge is 2.26. The van der Waals surface area contributed by atoms with E-state index in [0.29, 0.717) is 19.1 Å². The van der Waals surface area contributed by atoms with Crippen LogP contribution in [-0.4, -0.2) is 36.9 Å². The lowest BCUT2D eigenvalue weighted by Crippen LogP contribution is -2.39. The topological polar surface area (TPSA) is 58.6 Å². The number of rotatable bonds is 5. The second-order valence-corrected chi connectivity index (χ2v) is 3.43. The van der Waals surface area contributed by atoms with Gasteiger partial charge in [-0.1, -0.05) is 0 Å². The molecule has 1 saturated carbocycles. The number of nitrogens with one attached hydrogen (secondary N) is 1. The molecule has 0 spiro atoms. The number of aliphatic hydroxyl groups excluding tert-OH is 1. The van der Waals surface area contributed by atoms with E-state index in [4.69, 9.17) is 9.84 Å². The Balaban J connectivity index is 1.96. The third-order valence-electron chi connectivity index (χ3n) is 2.24. The van der Waals surface area contributed by atoms with Crippen molar-refractivity contribution in [2.24, 2.45) is 5.92 Å². The summed E-state index contributed by atoms with van der Waals surface area (Å²) in [4.78, 5) is 11.0. The summed E-state index contributed by atoms with van der Waals surface area (Å²) in [6, 6.07) is 0. The maximum Gasteiger partial charge on any atom is 0.246 e. The van der Waals surface area contributed by atoms with Crippen LogP contribution in [0.3, 0.4) is 0 Å². The monoisotopic (exact) mass is 187 g/mol. The van der Waals surface area contributed by atoms with Crippen LogP contribution in [0.15, 0.2) is 0 Å². The number of carbonyl (C=O) groups is 1. The van der Waals surface area contributed by atoms with E-state index in [2.05, 4.69) is 5.32 Å². The summed E-state index contributed by atoms with van der Waals surface area (Å²) < 4.78 is 4.94. The molecular weight excluding hydrogens is 170 g/mol. The summed E-state index contributed by atoms with van der Waals surface area (Å²) in [5.74, 6) is 0.392. The Morgan fingerprint density at radius 2 is 2.31 bits per heavy atom. The first kappa shape index (κ1) is 10.5. The van der Waals surface area contributed by atoms with Crippen LogP contribution in [0, 0.1) is 5.92 Å². The highest BCUT2D eigenvalue weighted by molar-refractivity contribution is 5.77. The van der Waals surface area contributed by atoms with Gasteiger partial charge in [0, 0.05) is 13.2 Å². The molecule has 13 heavy (non-hydrogen) atoms. The standard InChI is InChI=1S/C9H17NO3/c1-2-13-6-9(12)10-5-7-3-8(11)4-7/h7-8,11H,2-6H2,1H3,(H,10,12). The van der Waals surface area contributed by atoms with Crippen molar-refractivity contribution in [2.45, 2.75) is 25.9 Å². The minimum atomic E-state index is -0.145. The van der Waals surface area contributed by atoms with Gasteiger partial charge < -0.3 is 15.2 Å². The van der Waals surface area contributed by atoms with Crippen molar-refractivity contribution in [1.29, 1.82) is 0 Å². The molecule has 1 amide bonds. The lowest BCUT2D eigenvalue weighted by molar-refractivity contribution is -0.126. The van der Waals surface area contributed by atoms with Crippen molar-refractivity contribution in [1.82, 2.24) is 5.32 Å². The molecule has 0 aromatic rings. The first-order valence-electron chi connectivity index (χ1n) is 4.75. The maximum absolute atomic E-state index is 11.0. The molecule has 0 heterocycles. The van der Waals surface area contributed by atoms with Gasteiger partial charge in [-0.25, -0.2) is 0 Å². The van der Waals surface area contributed by atoms with Gasteiger partial charge >= 0.3 is 0 Å². The van der Waals surface area contributed by atoms with Gasteiger partial charge in [-0.05, 0) is 25.7 Å². The molecule has 76 valence electrons. The molecule has 0 bridgehead atoms. The summed E-state index contributed by atoms with van der Waals surface area (Å²) in [6.07, 6.45) is 1.48. The molecular formula is C9H17NO3. The van der Waals surface area contributed by atoms with E-state index in [1.165, 1.54) is 0 Å². The van der Waals surface area contributed by atoms with Crippen molar-refractivity contribution in [3.05, 3.63) is 0 Å². The van der Waals surface area contributed by atoms with Crippen LogP contribution in [0.5, 0.6) is 0 Å². The van der Waals surface area contributed by atoms with Crippen LogP contribution in [0.25, 0.3) is 0 Å². The van der Waals surface area contributed by atoms with Crippen LogP contribution < -0.4 is 5.32 Å².